The number of sulfone groups is 1. The van der Waals surface area contributed by atoms with Gasteiger partial charge < -0.3 is 5.73 Å². The molecule has 0 unspecified atom stereocenters. The van der Waals surface area contributed by atoms with Crippen molar-refractivity contribution in [1.29, 1.82) is 0 Å². The van der Waals surface area contributed by atoms with Gasteiger partial charge in [0, 0.05) is 5.02 Å². The van der Waals surface area contributed by atoms with Crippen LogP contribution < -0.4 is 11.2 Å². The molecule has 6 nitrogen and oxygen atoms in total. The second-order valence-corrected chi connectivity index (χ2v) is 6.65. The molecule has 2 aromatic rings. The van der Waals surface area contributed by atoms with E-state index in [2.05, 4.69) is 5.10 Å². The average molecular weight is 338 g/mol. The summed E-state index contributed by atoms with van der Waals surface area (Å²) in [7, 11) is -3.60. The van der Waals surface area contributed by atoms with Crippen LogP contribution in [0.25, 0.3) is 0 Å². The van der Waals surface area contributed by atoms with Gasteiger partial charge >= 0.3 is 6.03 Å². The Morgan fingerprint density at radius 2 is 1.55 bits per heavy atom. The first-order valence-electron chi connectivity index (χ1n) is 6.09. The number of halogens is 1. The molecule has 0 bridgehead atoms. The highest BCUT2D eigenvalue weighted by Crippen LogP contribution is 2.22. The number of carbonyl (C=O) groups is 1. The van der Waals surface area contributed by atoms with Gasteiger partial charge in [0.15, 0.2) is 0 Å². The minimum Gasteiger partial charge on any atom is -0.350 e. The molecule has 0 heterocycles. The number of rotatable bonds is 4. The third kappa shape index (κ3) is 3.84. The first-order valence-corrected chi connectivity index (χ1v) is 7.95. The monoisotopic (exact) mass is 337 g/mol. The Kier molecular flexibility index (Phi) is 4.79. The van der Waals surface area contributed by atoms with Crippen molar-refractivity contribution in [3.63, 3.8) is 0 Å². The third-order valence-corrected chi connectivity index (χ3v) is 4.74. The zero-order chi connectivity index (χ0) is 16.2. The summed E-state index contributed by atoms with van der Waals surface area (Å²) in [6, 6.07) is 11.2. The van der Waals surface area contributed by atoms with Gasteiger partial charge in [-0.2, -0.15) is 5.10 Å². The van der Waals surface area contributed by atoms with Crippen LogP contribution in [-0.4, -0.2) is 20.7 Å². The second kappa shape index (κ2) is 6.59. The van der Waals surface area contributed by atoms with Gasteiger partial charge in [-0.3, -0.25) is 0 Å². The van der Waals surface area contributed by atoms with Gasteiger partial charge in [0.05, 0.1) is 16.0 Å². The van der Waals surface area contributed by atoms with Gasteiger partial charge in [-0.15, -0.1) is 0 Å². The SMILES string of the molecule is NC(=O)NN=Cc1ccc(S(=O)(=O)c2ccc(Cl)cc2)cc1. The van der Waals surface area contributed by atoms with Crippen molar-refractivity contribution in [3.05, 3.63) is 59.1 Å². The molecule has 3 N–H and O–H groups in total. The van der Waals surface area contributed by atoms with Crippen molar-refractivity contribution in [1.82, 2.24) is 5.43 Å². The maximum absolute atomic E-state index is 12.4. The van der Waals surface area contributed by atoms with Crippen molar-refractivity contribution in [2.45, 2.75) is 9.79 Å². The molecule has 0 fully saturated rings. The van der Waals surface area contributed by atoms with E-state index in [9.17, 15) is 13.2 Å². The molecule has 8 heteroatoms. The quantitative estimate of drug-likeness (QED) is 0.660. The number of hydrazone groups is 1. The van der Waals surface area contributed by atoms with Gasteiger partial charge in [0.2, 0.25) is 9.84 Å². The van der Waals surface area contributed by atoms with E-state index in [-0.39, 0.29) is 9.79 Å². The summed E-state index contributed by atoms with van der Waals surface area (Å²) in [4.78, 5) is 10.8. The molecule has 0 saturated heterocycles. The number of nitrogens with one attached hydrogen (secondary N) is 1. The Labute approximate surface area is 132 Å². The molecule has 2 amide bonds. The number of hydrogen-bond acceptors (Lipinski definition) is 4. The minimum atomic E-state index is -3.60. The highest BCUT2D eigenvalue weighted by Gasteiger charge is 2.16. The number of benzene rings is 2. The van der Waals surface area contributed by atoms with E-state index in [1.165, 1.54) is 42.6 Å². The molecule has 0 spiro atoms. The average Bonchev–Trinajstić information content (AvgIpc) is 2.48. The van der Waals surface area contributed by atoms with Gasteiger partial charge in [-0.25, -0.2) is 18.6 Å². The Bertz CT molecular complexity index is 800. The fourth-order valence-corrected chi connectivity index (χ4v) is 3.04. The van der Waals surface area contributed by atoms with E-state index in [1.54, 1.807) is 12.1 Å². The van der Waals surface area contributed by atoms with E-state index < -0.39 is 15.9 Å². The summed E-state index contributed by atoms with van der Waals surface area (Å²) >= 11 is 5.75. The molecule has 2 rings (SSSR count). The summed E-state index contributed by atoms with van der Waals surface area (Å²) in [5.41, 5.74) is 7.52. The van der Waals surface area contributed by atoms with Gasteiger partial charge in [-0.1, -0.05) is 23.7 Å². The Hall–Kier alpha value is -2.38. The lowest BCUT2D eigenvalue weighted by atomic mass is 10.2. The normalized spacial score (nSPS) is 11.5. The number of amides is 2. The number of primary amides is 1. The Morgan fingerprint density at radius 1 is 1.05 bits per heavy atom. The van der Waals surface area contributed by atoms with E-state index in [0.29, 0.717) is 10.6 Å². The lowest BCUT2D eigenvalue weighted by Crippen LogP contribution is -2.24. The number of carbonyl (C=O) groups excluding carboxylic acids is 1. The first kappa shape index (κ1) is 16.0. The van der Waals surface area contributed by atoms with Crippen LogP contribution in [0.1, 0.15) is 5.56 Å². The fraction of sp³-hybridized carbons (Fsp3) is 0. The Morgan fingerprint density at radius 3 is 2.05 bits per heavy atom. The molecule has 0 atom stereocenters. The topological polar surface area (TPSA) is 102 Å². The molecule has 0 saturated carbocycles. The smallest absolute Gasteiger partial charge is 0.332 e. The van der Waals surface area contributed by atoms with Crippen molar-refractivity contribution >= 4 is 33.7 Å². The molecule has 0 radical (unpaired) electrons. The lowest BCUT2D eigenvalue weighted by Gasteiger charge is -2.05. The largest absolute Gasteiger partial charge is 0.350 e. The van der Waals surface area contributed by atoms with Crippen LogP contribution in [0.2, 0.25) is 5.02 Å². The summed E-state index contributed by atoms with van der Waals surface area (Å²) in [5, 5.41) is 4.05. The molecular weight excluding hydrogens is 326 g/mol. The molecule has 0 aliphatic carbocycles. The molecule has 22 heavy (non-hydrogen) atoms. The van der Waals surface area contributed by atoms with E-state index >= 15 is 0 Å². The summed E-state index contributed by atoms with van der Waals surface area (Å²) in [5.74, 6) is 0. The predicted molar refractivity (Wildman–Crippen MR) is 83.7 cm³/mol. The van der Waals surface area contributed by atoms with Crippen molar-refractivity contribution in [3.8, 4) is 0 Å². The predicted octanol–water partition coefficient (Wildman–Crippen LogP) is 2.17. The van der Waals surface area contributed by atoms with Crippen molar-refractivity contribution in [2.24, 2.45) is 10.8 Å². The zero-order valence-electron chi connectivity index (χ0n) is 11.2. The van der Waals surface area contributed by atoms with Crippen LogP contribution in [-0.2, 0) is 9.84 Å². The van der Waals surface area contributed by atoms with E-state index in [0.717, 1.165) is 0 Å². The van der Waals surface area contributed by atoms with Crippen LogP contribution in [0.15, 0.2) is 63.4 Å². The van der Waals surface area contributed by atoms with E-state index in [1.807, 2.05) is 5.43 Å². The standard InChI is InChI=1S/C14H12ClN3O3S/c15-11-3-7-13(8-4-11)22(20,21)12-5-1-10(2-6-12)9-17-18-14(16)19/h1-9H,(H3,16,18,19). The molecule has 114 valence electrons. The first-order chi connectivity index (χ1) is 10.4. The van der Waals surface area contributed by atoms with Crippen molar-refractivity contribution < 1.29 is 13.2 Å². The maximum atomic E-state index is 12.4. The minimum absolute atomic E-state index is 0.148. The van der Waals surface area contributed by atoms with Crippen molar-refractivity contribution in [2.75, 3.05) is 0 Å². The van der Waals surface area contributed by atoms with Crippen LogP contribution in [0.5, 0.6) is 0 Å². The third-order valence-electron chi connectivity index (χ3n) is 2.70. The molecule has 0 aliphatic heterocycles. The van der Waals surface area contributed by atoms with Gasteiger partial charge in [0.1, 0.15) is 0 Å². The second-order valence-electron chi connectivity index (χ2n) is 4.26. The number of nitrogens with two attached hydrogens (primary N) is 1. The van der Waals surface area contributed by atoms with E-state index in [4.69, 9.17) is 17.3 Å². The van der Waals surface area contributed by atoms with Gasteiger partial charge in [0.25, 0.3) is 0 Å². The summed E-state index contributed by atoms with van der Waals surface area (Å²) in [6.45, 7) is 0. The number of nitrogens with zero attached hydrogens (tertiary/aromatic N) is 1. The van der Waals surface area contributed by atoms with Gasteiger partial charge in [-0.05, 0) is 42.0 Å². The molecule has 0 aliphatic rings. The zero-order valence-corrected chi connectivity index (χ0v) is 12.8. The van der Waals surface area contributed by atoms with Crippen LogP contribution in [0, 0.1) is 0 Å². The Balaban J connectivity index is 2.24. The number of urea groups is 1. The summed E-state index contributed by atoms with van der Waals surface area (Å²) < 4.78 is 24.8. The number of hydrogen-bond donors (Lipinski definition) is 2. The molecular formula is C14H12ClN3O3S. The van der Waals surface area contributed by atoms with Crippen LogP contribution in [0.4, 0.5) is 4.79 Å². The summed E-state index contributed by atoms with van der Waals surface area (Å²) in [6.07, 6.45) is 1.35. The van der Waals surface area contributed by atoms with Crippen LogP contribution in [0.3, 0.4) is 0 Å². The lowest BCUT2D eigenvalue weighted by molar-refractivity contribution is 0.249. The fourth-order valence-electron chi connectivity index (χ4n) is 1.65. The molecule has 2 aromatic carbocycles. The highest BCUT2D eigenvalue weighted by atomic mass is 35.5. The molecule has 0 aromatic heterocycles. The maximum Gasteiger partial charge on any atom is 0.332 e. The highest BCUT2D eigenvalue weighted by molar-refractivity contribution is 7.91. The van der Waals surface area contributed by atoms with Crippen LogP contribution >= 0.6 is 11.6 Å².